The maximum Gasteiger partial charge on any atom is 0.120 e. The summed E-state index contributed by atoms with van der Waals surface area (Å²) in [6, 6.07) is 16.3. The van der Waals surface area contributed by atoms with Gasteiger partial charge in [-0.05, 0) is 60.6 Å². The van der Waals surface area contributed by atoms with E-state index in [1.807, 2.05) is 30.3 Å². The van der Waals surface area contributed by atoms with Gasteiger partial charge in [0.2, 0.25) is 0 Å². The fraction of sp³-hybridized carbons (Fsp3) is 0.613. The summed E-state index contributed by atoms with van der Waals surface area (Å²) in [5.74, 6) is 0.731. The van der Waals surface area contributed by atoms with Gasteiger partial charge in [-0.2, -0.15) is 0 Å². The van der Waals surface area contributed by atoms with Gasteiger partial charge < -0.3 is 14.9 Å². The minimum atomic E-state index is -0.899. The molecule has 0 aliphatic heterocycles. The van der Waals surface area contributed by atoms with E-state index < -0.39 is 11.2 Å². The summed E-state index contributed by atoms with van der Waals surface area (Å²) in [7, 11) is 0. The normalized spacial score (nSPS) is 12.2. The summed E-state index contributed by atoms with van der Waals surface area (Å²) in [6.07, 6.45) is 11.0. The van der Waals surface area contributed by atoms with E-state index in [1.165, 1.54) is 0 Å². The Hall–Kier alpha value is -1.84. The molecule has 0 fully saturated rings. The molecule has 0 atom stereocenters. The molecule has 34 heavy (non-hydrogen) atoms. The van der Waals surface area contributed by atoms with Crippen molar-refractivity contribution in [3.63, 3.8) is 0 Å². The fourth-order valence-electron chi connectivity index (χ4n) is 4.66. The molecule has 3 nitrogen and oxygen atoms in total. The Bertz CT molecular complexity index is 754. The number of hydrogen-bond donors (Lipinski definition) is 2. The highest BCUT2D eigenvalue weighted by Gasteiger charge is 2.33. The Labute approximate surface area is 208 Å². The van der Waals surface area contributed by atoms with Crippen molar-refractivity contribution >= 4 is 0 Å². The van der Waals surface area contributed by atoms with Gasteiger partial charge in [0.25, 0.3) is 0 Å². The van der Waals surface area contributed by atoms with Crippen molar-refractivity contribution in [2.45, 2.75) is 123 Å². The molecular weight excluding hydrogens is 420 g/mol. The van der Waals surface area contributed by atoms with E-state index in [0.717, 1.165) is 99.5 Å². The molecule has 0 bridgehead atoms. The van der Waals surface area contributed by atoms with E-state index in [9.17, 15) is 10.2 Å². The van der Waals surface area contributed by atoms with Crippen LogP contribution >= 0.6 is 0 Å². The average molecular weight is 469 g/mol. The van der Waals surface area contributed by atoms with Crippen molar-refractivity contribution in [2.75, 3.05) is 0 Å². The molecule has 0 saturated heterocycles. The first-order valence-electron chi connectivity index (χ1n) is 13.7. The minimum Gasteiger partial charge on any atom is -0.489 e. The lowest BCUT2D eigenvalue weighted by atomic mass is 9.79. The number of rotatable bonds is 17. The lowest BCUT2D eigenvalue weighted by Gasteiger charge is -2.33. The average Bonchev–Trinajstić information content (AvgIpc) is 2.87. The Morgan fingerprint density at radius 1 is 0.618 bits per heavy atom. The zero-order valence-electron chi connectivity index (χ0n) is 22.1. The number of ether oxygens (including phenoxy) is 1. The summed E-state index contributed by atoms with van der Waals surface area (Å²) in [6.45, 7) is 9.13. The van der Waals surface area contributed by atoms with Gasteiger partial charge in [-0.25, -0.2) is 0 Å². The van der Waals surface area contributed by atoms with Crippen LogP contribution in [0, 0.1) is 0 Å². The van der Waals surface area contributed by atoms with Gasteiger partial charge in [-0.3, -0.25) is 0 Å². The van der Waals surface area contributed by atoms with E-state index in [2.05, 4.69) is 45.9 Å². The van der Waals surface area contributed by atoms with Gasteiger partial charge >= 0.3 is 0 Å². The predicted octanol–water partition coefficient (Wildman–Crippen LogP) is 8.40. The number of aliphatic hydroxyl groups is 2. The van der Waals surface area contributed by atoms with Gasteiger partial charge in [-0.15, -0.1) is 0 Å². The second kappa shape index (κ2) is 14.5. The smallest absolute Gasteiger partial charge is 0.120 e. The van der Waals surface area contributed by atoms with E-state index in [-0.39, 0.29) is 0 Å². The topological polar surface area (TPSA) is 49.7 Å². The molecule has 0 saturated carbocycles. The quantitative estimate of drug-likeness (QED) is 0.245. The van der Waals surface area contributed by atoms with Crippen LogP contribution in [0.1, 0.15) is 121 Å². The summed E-state index contributed by atoms with van der Waals surface area (Å²) in [4.78, 5) is 0. The lowest BCUT2D eigenvalue weighted by Crippen LogP contribution is -2.29. The van der Waals surface area contributed by atoms with Gasteiger partial charge in [0.1, 0.15) is 12.4 Å². The van der Waals surface area contributed by atoms with Crippen LogP contribution in [0.4, 0.5) is 0 Å². The molecule has 3 heteroatoms. The largest absolute Gasteiger partial charge is 0.489 e. The molecule has 0 amide bonds. The van der Waals surface area contributed by atoms with Crippen LogP contribution in [-0.4, -0.2) is 10.2 Å². The Balaban J connectivity index is 2.51. The first-order chi connectivity index (χ1) is 16.4. The molecule has 0 radical (unpaired) electrons. The monoisotopic (exact) mass is 468 g/mol. The van der Waals surface area contributed by atoms with E-state index in [4.69, 9.17) is 4.74 Å². The molecule has 0 aromatic heterocycles. The van der Waals surface area contributed by atoms with Gasteiger partial charge in [-0.1, -0.05) is 109 Å². The zero-order valence-corrected chi connectivity index (χ0v) is 22.1. The molecule has 2 aromatic rings. The molecule has 190 valence electrons. The molecule has 0 spiro atoms. The van der Waals surface area contributed by atoms with Crippen molar-refractivity contribution in [3.05, 3.63) is 65.2 Å². The van der Waals surface area contributed by atoms with E-state index in [0.29, 0.717) is 6.61 Å². The maximum atomic E-state index is 11.9. The van der Waals surface area contributed by atoms with Crippen LogP contribution in [-0.2, 0) is 17.8 Å². The van der Waals surface area contributed by atoms with Crippen LogP contribution in [0.5, 0.6) is 5.75 Å². The van der Waals surface area contributed by atoms with Gasteiger partial charge in [0.15, 0.2) is 0 Å². The zero-order chi connectivity index (χ0) is 24.9. The Morgan fingerprint density at radius 2 is 1.03 bits per heavy atom. The van der Waals surface area contributed by atoms with Crippen LogP contribution in [0.2, 0.25) is 0 Å². The summed E-state index contributed by atoms with van der Waals surface area (Å²) in [5.41, 5.74) is 1.09. The standard InChI is InChI=1S/C31H48O3/c1-5-9-18-30(32,19-10-6-2)27-22-28(31(33,20-11-7-3)21-12-8-4)24-29(23-27)34-25-26-16-14-13-15-17-26/h13-17,22-24,32-33H,5-12,18-21,25H2,1-4H3. The molecule has 0 aliphatic rings. The number of unbranched alkanes of at least 4 members (excludes halogenated alkanes) is 4. The third-order valence-corrected chi connectivity index (χ3v) is 7.01. The van der Waals surface area contributed by atoms with Crippen LogP contribution in [0.3, 0.4) is 0 Å². The second-order valence-corrected chi connectivity index (χ2v) is 10.00. The van der Waals surface area contributed by atoms with Crippen LogP contribution in [0.25, 0.3) is 0 Å². The summed E-state index contributed by atoms with van der Waals surface area (Å²) in [5, 5.41) is 23.7. The molecule has 0 unspecified atom stereocenters. The highest BCUT2D eigenvalue weighted by Crippen LogP contribution is 2.40. The molecule has 0 aliphatic carbocycles. The third-order valence-electron chi connectivity index (χ3n) is 7.01. The summed E-state index contributed by atoms with van der Waals surface area (Å²) >= 11 is 0. The van der Waals surface area contributed by atoms with Crippen molar-refractivity contribution in [2.24, 2.45) is 0 Å². The van der Waals surface area contributed by atoms with Gasteiger partial charge in [0.05, 0.1) is 11.2 Å². The first-order valence-corrected chi connectivity index (χ1v) is 13.7. The van der Waals surface area contributed by atoms with Crippen LogP contribution < -0.4 is 4.74 Å². The van der Waals surface area contributed by atoms with Gasteiger partial charge in [0, 0.05) is 0 Å². The Kier molecular flexibility index (Phi) is 12.1. The third kappa shape index (κ3) is 8.43. The molecule has 0 heterocycles. The Morgan fingerprint density at radius 3 is 1.41 bits per heavy atom. The fourth-order valence-corrected chi connectivity index (χ4v) is 4.66. The van der Waals surface area contributed by atoms with E-state index >= 15 is 0 Å². The summed E-state index contributed by atoms with van der Waals surface area (Å²) < 4.78 is 6.26. The van der Waals surface area contributed by atoms with Crippen molar-refractivity contribution < 1.29 is 14.9 Å². The van der Waals surface area contributed by atoms with E-state index in [1.54, 1.807) is 0 Å². The minimum absolute atomic E-state index is 0.467. The van der Waals surface area contributed by atoms with Crippen molar-refractivity contribution in [1.82, 2.24) is 0 Å². The van der Waals surface area contributed by atoms with Crippen molar-refractivity contribution in [1.29, 1.82) is 0 Å². The second-order valence-electron chi connectivity index (χ2n) is 10.00. The molecule has 2 aromatic carbocycles. The lowest BCUT2D eigenvalue weighted by molar-refractivity contribution is 0.00724. The molecule has 2 N–H and O–H groups in total. The molecular formula is C31H48O3. The number of hydrogen-bond acceptors (Lipinski definition) is 3. The maximum absolute atomic E-state index is 11.9. The highest BCUT2D eigenvalue weighted by atomic mass is 16.5. The highest BCUT2D eigenvalue weighted by molar-refractivity contribution is 5.40. The predicted molar refractivity (Wildman–Crippen MR) is 143 cm³/mol. The number of benzene rings is 2. The molecule has 2 rings (SSSR count). The SMILES string of the molecule is CCCCC(O)(CCCC)c1cc(OCc2ccccc2)cc(C(O)(CCCC)CCCC)c1. The first kappa shape index (κ1) is 28.4. The van der Waals surface area contributed by atoms with Crippen molar-refractivity contribution in [3.8, 4) is 5.75 Å². The van der Waals surface area contributed by atoms with Crippen LogP contribution in [0.15, 0.2) is 48.5 Å².